The van der Waals surface area contributed by atoms with Crippen LogP contribution >= 0.6 is 0 Å². The Morgan fingerprint density at radius 2 is 1.77 bits per heavy atom. The van der Waals surface area contributed by atoms with Gasteiger partial charge in [0.1, 0.15) is 11.7 Å². The van der Waals surface area contributed by atoms with E-state index in [1.165, 1.54) is 12.1 Å². The third-order valence-electron chi connectivity index (χ3n) is 3.89. The molecule has 1 aliphatic rings. The summed E-state index contributed by atoms with van der Waals surface area (Å²) in [7, 11) is 0. The van der Waals surface area contributed by atoms with Crippen LogP contribution in [0.5, 0.6) is 0 Å². The lowest BCUT2D eigenvalue weighted by atomic mass is 9.91. The van der Waals surface area contributed by atoms with Crippen LogP contribution in [0.1, 0.15) is 5.56 Å². The first-order valence-electron chi connectivity index (χ1n) is 7.42. The number of benzene rings is 2. The minimum absolute atomic E-state index is 0.00783. The fourth-order valence-electron chi connectivity index (χ4n) is 2.59. The van der Waals surface area contributed by atoms with E-state index in [9.17, 15) is 26.3 Å². The van der Waals surface area contributed by atoms with Gasteiger partial charge in [-0.05, 0) is 41.3 Å². The van der Waals surface area contributed by atoms with Crippen LogP contribution in [-0.4, -0.2) is 5.92 Å². The van der Waals surface area contributed by atoms with Crippen molar-refractivity contribution in [1.82, 2.24) is 0 Å². The normalized spacial score (nSPS) is 18.6. The Hall–Kier alpha value is -2.94. The summed E-state index contributed by atoms with van der Waals surface area (Å²) in [4.78, 5) is 0. The maximum absolute atomic E-state index is 14.0. The van der Waals surface area contributed by atoms with Crippen molar-refractivity contribution in [2.45, 2.75) is 5.92 Å². The summed E-state index contributed by atoms with van der Waals surface area (Å²) < 4.78 is 82.2. The van der Waals surface area contributed by atoms with Crippen LogP contribution in [0.15, 0.2) is 60.5 Å². The molecule has 132 valence electrons. The van der Waals surface area contributed by atoms with Crippen molar-refractivity contribution < 1.29 is 26.3 Å². The average molecular weight is 364 g/mol. The second-order valence-electron chi connectivity index (χ2n) is 5.68. The number of hydrogen-bond acceptors (Lipinski definition) is 0. The number of allylic oxidation sites excluding steroid dienone is 5. The molecule has 0 heterocycles. The van der Waals surface area contributed by atoms with Crippen LogP contribution < -0.4 is 0 Å². The van der Waals surface area contributed by atoms with Crippen molar-refractivity contribution >= 4 is 10.8 Å². The van der Waals surface area contributed by atoms with Crippen molar-refractivity contribution in [3.8, 4) is 11.8 Å². The summed E-state index contributed by atoms with van der Waals surface area (Å²) in [5.74, 6) is -6.44. The van der Waals surface area contributed by atoms with Crippen molar-refractivity contribution in [1.29, 1.82) is 0 Å². The van der Waals surface area contributed by atoms with E-state index in [-0.39, 0.29) is 21.9 Å². The van der Waals surface area contributed by atoms with Crippen molar-refractivity contribution in [2.24, 2.45) is 5.92 Å². The van der Waals surface area contributed by atoms with Gasteiger partial charge in [0.15, 0.2) is 17.5 Å². The number of alkyl halides is 2. The second kappa shape index (κ2) is 6.41. The molecule has 0 N–H and O–H groups in total. The van der Waals surface area contributed by atoms with Crippen molar-refractivity contribution in [3.05, 3.63) is 83.5 Å². The molecular formula is C20H10F6. The number of halogens is 6. The molecule has 0 radical (unpaired) electrons. The molecule has 26 heavy (non-hydrogen) atoms. The quantitative estimate of drug-likeness (QED) is 0.339. The first-order chi connectivity index (χ1) is 12.2. The molecule has 0 saturated carbocycles. The Morgan fingerprint density at radius 3 is 2.42 bits per heavy atom. The van der Waals surface area contributed by atoms with Crippen molar-refractivity contribution in [2.75, 3.05) is 0 Å². The lowest BCUT2D eigenvalue weighted by molar-refractivity contribution is 0.0179. The predicted molar refractivity (Wildman–Crippen MR) is 86.6 cm³/mol. The zero-order chi connectivity index (χ0) is 19.1. The highest BCUT2D eigenvalue weighted by Crippen LogP contribution is 2.37. The van der Waals surface area contributed by atoms with E-state index < -0.39 is 35.1 Å². The molecular weight excluding hydrogens is 354 g/mol. The summed E-state index contributed by atoms with van der Waals surface area (Å²) in [5, 5.41) is -0.171. The Balaban J connectivity index is 2.01. The molecule has 0 aromatic heterocycles. The molecule has 1 atom stereocenters. The predicted octanol–water partition coefficient (Wildman–Crippen LogP) is 5.84. The molecule has 1 unspecified atom stereocenters. The van der Waals surface area contributed by atoms with Crippen LogP contribution in [0.3, 0.4) is 0 Å². The van der Waals surface area contributed by atoms with E-state index >= 15 is 0 Å². The van der Waals surface area contributed by atoms with Gasteiger partial charge in [-0.2, -0.15) is 0 Å². The van der Waals surface area contributed by atoms with Gasteiger partial charge in [-0.25, -0.2) is 26.3 Å². The molecule has 0 bridgehead atoms. The molecule has 0 saturated heterocycles. The summed E-state index contributed by atoms with van der Waals surface area (Å²) in [6.45, 7) is 3.32. The summed E-state index contributed by atoms with van der Waals surface area (Å²) in [6.07, 6.45) is 2.58. The van der Waals surface area contributed by atoms with E-state index in [0.29, 0.717) is 6.08 Å². The van der Waals surface area contributed by atoms with Gasteiger partial charge in [-0.15, -0.1) is 0 Å². The van der Waals surface area contributed by atoms with Gasteiger partial charge in [0.05, 0.1) is 0 Å². The van der Waals surface area contributed by atoms with E-state index in [1.54, 1.807) is 0 Å². The Morgan fingerprint density at radius 1 is 1.04 bits per heavy atom. The van der Waals surface area contributed by atoms with Gasteiger partial charge in [-0.1, -0.05) is 30.6 Å². The van der Waals surface area contributed by atoms with Crippen LogP contribution in [0.4, 0.5) is 26.3 Å². The first kappa shape index (κ1) is 17.9. The minimum Gasteiger partial charge on any atom is -0.210 e. The zero-order valence-corrected chi connectivity index (χ0v) is 13.1. The van der Waals surface area contributed by atoms with Crippen LogP contribution in [0, 0.1) is 35.2 Å². The maximum Gasteiger partial charge on any atom is 0.287 e. The van der Waals surface area contributed by atoms with Crippen LogP contribution in [-0.2, 0) is 0 Å². The average Bonchev–Trinajstić information content (AvgIpc) is 2.58. The van der Waals surface area contributed by atoms with E-state index in [2.05, 4.69) is 18.4 Å². The monoisotopic (exact) mass is 364 g/mol. The highest BCUT2D eigenvalue weighted by Gasteiger charge is 2.42. The Kier molecular flexibility index (Phi) is 4.41. The molecule has 6 heteroatoms. The maximum atomic E-state index is 14.0. The van der Waals surface area contributed by atoms with Gasteiger partial charge >= 0.3 is 0 Å². The van der Waals surface area contributed by atoms with Gasteiger partial charge in [0.2, 0.25) is 0 Å². The third-order valence-corrected chi connectivity index (χ3v) is 3.89. The third kappa shape index (κ3) is 3.13. The topological polar surface area (TPSA) is 0 Å². The van der Waals surface area contributed by atoms with E-state index in [1.807, 2.05) is 0 Å². The van der Waals surface area contributed by atoms with Gasteiger partial charge in [-0.3, -0.25) is 0 Å². The molecule has 0 aliphatic heterocycles. The number of rotatable bonds is 1. The first-order valence-corrected chi connectivity index (χ1v) is 7.42. The van der Waals surface area contributed by atoms with Gasteiger partial charge < -0.3 is 0 Å². The summed E-state index contributed by atoms with van der Waals surface area (Å²) >= 11 is 0. The largest absolute Gasteiger partial charge is 0.287 e. The van der Waals surface area contributed by atoms with Crippen LogP contribution in [0.25, 0.3) is 10.8 Å². The van der Waals surface area contributed by atoms with E-state index in [4.69, 9.17) is 0 Å². The number of fused-ring (bicyclic) bond motifs is 1. The fraction of sp³-hybridized carbons (Fsp3) is 0.100. The van der Waals surface area contributed by atoms with Gasteiger partial charge in [0, 0.05) is 10.9 Å². The second-order valence-corrected chi connectivity index (χ2v) is 5.68. The molecule has 0 fully saturated rings. The zero-order valence-electron chi connectivity index (χ0n) is 13.1. The lowest BCUT2D eigenvalue weighted by Gasteiger charge is -2.22. The molecule has 1 aliphatic carbocycles. The Labute approximate surface area is 145 Å². The molecule has 0 nitrogen and oxygen atoms in total. The molecule has 0 spiro atoms. The standard InChI is InChI=1S/C20H10F6/c1-2-11-8-16(21)15(20(25,26)10-11)6-4-12-3-5-14-13(7-12)9-17(22)19(24)18(14)23/h2-3,5,7-10,15H,1H2. The summed E-state index contributed by atoms with van der Waals surface area (Å²) in [5.41, 5.74) is 0.0780. The lowest BCUT2D eigenvalue weighted by Crippen LogP contribution is -2.28. The molecule has 2 aromatic carbocycles. The Bertz CT molecular complexity index is 1030. The van der Waals surface area contributed by atoms with E-state index in [0.717, 1.165) is 24.3 Å². The molecule has 0 amide bonds. The SMILES string of the molecule is C=CC1=CC(F)(F)C(C#Cc2ccc3c(F)c(F)c(F)cc3c2)C(F)=C1. The molecule has 3 rings (SSSR count). The highest BCUT2D eigenvalue weighted by atomic mass is 19.3. The molecule has 2 aromatic rings. The fourth-order valence-corrected chi connectivity index (χ4v) is 2.59. The smallest absolute Gasteiger partial charge is 0.210 e. The number of hydrogen-bond donors (Lipinski definition) is 0. The minimum atomic E-state index is -3.53. The van der Waals surface area contributed by atoms with Gasteiger partial charge in [0.25, 0.3) is 5.92 Å². The highest BCUT2D eigenvalue weighted by molar-refractivity contribution is 5.84. The summed E-state index contributed by atoms with van der Waals surface area (Å²) in [6, 6.07) is 4.39. The van der Waals surface area contributed by atoms with Crippen molar-refractivity contribution in [3.63, 3.8) is 0 Å². The van der Waals surface area contributed by atoms with Crippen LogP contribution in [0.2, 0.25) is 0 Å².